The van der Waals surface area contributed by atoms with E-state index < -0.39 is 18.0 Å². The Labute approximate surface area is 191 Å². The Morgan fingerprint density at radius 2 is 1.80 bits per heavy atom. The van der Waals surface area contributed by atoms with E-state index in [1.807, 2.05) is 28.8 Å². The predicted octanol–water partition coefficient (Wildman–Crippen LogP) is 6.69. The summed E-state index contributed by atoms with van der Waals surface area (Å²) in [5.74, 6) is 0.448. The lowest BCUT2D eigenvalue weighted by molar-refractivity contribution is -0.162. The molecule has 1 fully saturated rings. The van der Waals surface area contributed by atoms with Crippen LogP contribution in [0.5, 0.6) is 0 Å². The lowest BCUT2D eigenvalue weighted by Crippen LogP contribution is -2.50. The molecule has 2 aromatic rings. The van der Waals surface area contributed by atoms with Crippen LogP contribution in [0.1, 0.15) is 50.5 Å². The molecule has 7 heteroatoms. The van der Waals surface area contributed by atoms with Crippen molar-refractivity contribution in [1.29, 1.82) is 0 Å². The van der Waals surface area contributed by atoms with Gasteiger partial charge in [0.15, 0.2) is 0 Å². The minimum atomic E-state index is -0.530. The second-order valence-corrected chi connectivity index (χ2v) is 10.3. The Kier molecular flexibility index (Phi) is 8.08. The van der Waals surface area contributed by atoms with Crippen LogP contribution >= 0.6 is 35.0 Å². The maximum Gasteiger partial charge on any atom is 0.249 e. The van der Waals surface area contributed by atoms with Gasteiger partial charge in [0.1, 0.15) is 18.5 Å². The summed E-state index contributed by atoms with van der Waals surface area (Å²) in [6.45, 7) is 6.33. The summed E-state index contributed by atoms with van der Waals surface area (Å²) >= 11 is 14.1. The highest BCUT2D eigenvalue weighted by molar-refractivity contribution is 7.99. The summed E-state index contributed by atoms with van der Waals surface area (Å²) in [7, 11) is 0. The van der Waals surface area contributed by atoms with Crippen molar-refractivity contribution >= 4 is 40.9 Å². The Balaban J connectivity index is 1.99. The molecule has 3 nitrogen and oxygen atoms in total. The van der Waals surface area contributed by atoms with Crippen LogP contribution in [0.2, 0.25) is 10.0 Å². The molecule has 1 aliphatic heterocycles. The molecule has 1 saturated heterocycles. The molecule has 0 aromatic heterocycles. The van der Waals surface area contributed by atoms with Crippen LogP contribution in [0.25, 0.3) is 0 Å². The first-order valence-corrected chi connectivity index (χ1v) is 11.8. The number of nitrogens with zero attached hydrogens (tertiary/aromatic N) is 1. The maximum atomic E-state index is 14.1. The first-order chi connectivity index (χ1) is 14.3. The topological polar surface area (TPSA) is 29.5 Å². The standard InChI is InChI=1S/C23H26Cl2FNO2S/c1-14(2)30-9-8-15(3)27-21(28)13-29-23(17-10-19(25)12-20(26)11-17)22(27)16-4-6-18(24)7-5-16/h4-7,10-12,14-15,22-23H,8-9,13H2,1-3H3/t15-,22+,23+/m0/s1. The van der Waals surface area contributed by atoms with Gasteiger partial charge in [-0.05, 0) is 65.8 Å². The van der Waals surface area contributed by atoms with Crippen molar-refractivity contribution in [2.75, 3.05) is 12.4 Å². The molecule has 0 N–H and O–H groups in total. The summed E-state index contributed by atoms with van der Waals surface area (Å²) in [5, 5.41) is 1.44. The summed E-state index contributed by atoms with van der Waals surface area (Å²) in [6, 6.07) is 11.4. The maximum absolute atomic E-state index is 14.1. The van der Waals surface area contributed by atoms with Crippen molar-refractivity contribution in [1.82, 2.24) is 4.90 Å². The average molecular weight is 470 g/mol. The Morgan fingerprint density at radius 3 is 2.43 bits per heavy atom. The molecule has 1 amide bonds. The smallest absolute Gasteiger partial charge is 0.249 e. The van der Waals surface area contributed by atoms with Crippen LogP contribution in [0.4, 0.5) is 4.39 Å². The number of rotatable bonds is 7. The fraction of sp³-hybridized carbons (Fsp3) is 0.435. The van der Waals surface area contributed by atoms with Gasteiger partial charge in [-0.25, -0.2) is 4.39 Å². The molecule has 1 heterocycles. The minimum Gasteiger partial charge on any atom is -0.361 e. The van der Waals surface area contributed by atoms with Gasteiger partial charge >= 0.3 is 0 Å². The number of hydrogen-bond acceptors (Lipinski definition) is 3. The Hall–Kier alpha value is -1.27. The van der Waals surface area contributed by atoms with Crippen molar-refractivity contribution in [3.05, 3.63) is 69.5 Å². The van der Waals surface area contributed by atoms with Crippen molar-refractivity contribution in [3.8, 4) is 0 Å². The molecule has 0 radical (unpaired) electrons. The van der Waals surface area contributed by atoms with Gasteiger partial charge in [-0.15, -0.1) is 0 Å². The zero-order valence-corrected chi connectivity index (χ0v) is 19.6. The molecule has 3 rings (SSSR count). The molecule has 0 bridgehead atoms. The van der Waals surface area contributed by atoms with E-state index in [9.17, 15) is 9.18 Å². The lowest BCUT2D eigenvalue weighted by atomic mass is 9.91. The fourth-order valence-electron chi connectivity index (χ4n) is 3.77. The summed E-state index contributed by atoms with van der Waals surface area (Å²) < 4.78 is 20.1. The van der Waals surface area contributed by atoms with Gasteiger partial charge in [0.05, 0.1) is 6.04 Å². The van der Waals surface area contributed by atoms with E-state index in [2.05, 4.69) is 20.8 Å². The largest absolute Gasteiger partial charge is 0.361 e. The molecule has 0 aliphatic carbocycles. The van der Waals surface area contributed by atoms with Crippen LogP contribution < -0.4 is 0 Å². The number of thioether (sulfide) groups is 1. The molecule has 2 aromatic carbocycles. The number of halogens is 3. The third-order valence-electron chi connectivity index (χ3n) is 5.15. The van der Waals surface area contributed by atoms with Gasteiger partial charge in [0.2, 0.25) is 5.91 Å². The predicted molar refractivity (Wildman–Crippen MR) is 123 cm³/mol. The van der Waals surface area contributed by atoms with E-state index in [0.717, 1.165) is 17.7 Å². The van der Waals surface area contributed by atoms with E-state index in [1.165, 1.54) is 12.1 Å². The highest BCUT2D eigenvalue weighted by atomic mass is 35.5. The van der Waals surface area contributed by atoms with Crippen molar-refractivity contribution < 1.29 is 13.9 Å². The normalized spacial score (nSPS) is 20.6. The number of carbonyl (C=O) groups excluding carboxylic acids is 1. The monoisotopic (exact) mass is 469 g/mol. The highest BCUT2D eigenvalue weighted by Crippen LogP contribution is 2.42. The Morgan fingerprint density at radius 1 is 1.10 bits per heavy atom. The number of hydrogen-bond donors (Lipinski definition) is 0. The van der Waals surface area contributed by atoms with E-state index >= 15 is 0 Å². The van der Waals surface area contributed by atoms with Crippen LogP contribution in [0.3, 0.4) is 0 Å². The van der Waals surface area contributed by atoms with Crippen LogP contribution in [-0.2, 0) is 9.53 Å². The van der Waals surface area contributed by atoms with E-state index in [1.54, 1.807) is 18.2 Å². The summed E-state index contributed by atoms with van der Waals surface area (Å²) in [4.78, 5) is 14.8. The number of benzene rings is 2. The van der Waals surface area contributed by atoms with Crippen molar-refractivity contribution in [2.45, 2.75) is 50.6 Å². The van der Waals surface area contributed by atoms with E-state index in [4.69, 9.17) is 27.9 Å². The third-order valence-corrected chi connectivity index (χ3v) is 6.76. The van der Waals surface area contributed by atoms with E-state index in [-0.39, 0.29) is 18.6 Å². The molecule has 0 unspecified atom stereocenters. The van der Waals surface area contributed by atoms with Crippen molar-refractivity contribution in [2.24, 2.45) is 0 Å². The lowest BCUT2D eigenvalue weighted by Gasteiger charge is -2.44. The van der Waals surface area contributed by atoms with Gasteiger partial charge in [-0.3, -0.25) is 4.79 Å². The second kappa shape index (κ2) is 10.4. The van der Waals surface area contributed by atoms with Gasteiger partial charge in [0, 0.05) is 16.1 Å². The molecular formula is C23H26Cl2FNO2S. The SMILES string of the molecule is CC(C)SCC[C@H](C)N1C(=O)CO[C@H](c2cc(F)cc(Cl)c2)[C@H]1c1ccc(Cl)cc1. The first-order valence-electron chi connectivity index (χ1n) is 10.0. The zero-order chi connectivity index (χ0) is 21.8. The summed E-state index contributed by atoms with van der Waals surface area (Å²) in [6.07, 6.45) is 0.326. The molecular weight excluding hydrogens is 444 g/mol. The van der Waals surface area contributed by atoms with Crippen LogP contribution in [0.15, 0.2) is 42.5 Å². The summed E-state index contributed by atoms with van der Waals surface area (Å²) in [5.41, 5.74) is 1.50. The van der Waals surface area contributed by atoms with Crippen LogP contribution in [0, 0.1) is 5.82 Å². The molecule has 0 saturated carbocycles. The third kappa shape index (κ3) is 5.70. The molecule has 30 heavy (non-hydrogen) atoms. The van der Waals surface area contributed by atoms with Crippen molar-refractivity contribution in [3.63, 3.8) is 0 Å². The number of ether oxygens (including phenoxy) is 1. The molecule has 3 atom stereocenters. The second-order valence-electron chi connectivity index (χ2n) is 7.79. The van der Waals surface area contributed by atoms with Gasteiger partial charge in [-0.1, -0.05) is 49.2 Å². The molecule has 162 valence electrons. The minimum absolute atomic E-state index is 0.000130. The molecule has 0 spiro atoms. The van der Waals surface area contributed by atoms with Gasteiger partial charge in [-0.2, -0.15) is 11.8 Å². The number of morpholine rings is 1. The first kappa shape index (κ1) is 23.4. The van der Waals surface area contributed by atoms with Gasteiger partial charge in [0.25, 0.3) is 0 Å². The number of amides is 1. The fourth-order valence-corrected chi connectivity index (χ4v) is 5.08. The van der Waals surface area contributed by atoms with Gasteiger partial charge < -0.3 is 9.64 Å². The van der Waals surface area contributed by atoms with Crippen LogP contribution in [-0.4, -0.2) is 34.5 Å². The quantitative estimate of drug-likeness (QED) is 0.451. The zero-order valence-electron chi connectivity index (χ0n) is 17.3. The highest BCUT2D eigenvalue weighted by Gasteiger charge is 2.41. The number of carbonyl (C=O) groups is 1. The molecule has 1 aliphatic rings. The Bertz CT molecular complexity index is 858. The average Bonchev–Trinajstić information content (AvgIpc) is 2.67. The van der Waals surface area contributed by atoms with E-state index in [0.29, 0.717) is 20.9 Å².